The third kappa shape index (κ3) is 1.95. The quantitative estimate of drug-likeness (QED) is 0.157. The number of hydrogen-bond acceptors (Lipinski definition) is 3. The van der Waals surface area contributed by atoms with E-state index < -0.39 is 5.54 Å². The van der Waals surface area contributed by atoms with E-state index in [4.69, 9.17) is 10.7 Å². The minimum Gasteiger partial charge on any atom is -0.411 e. The molecule has 56 valence electrons. The maximum absolute atomic E-state index is 8.30. The highest BCUT2D eigenvalue weighted by Crippen LogP contribution is 2.10. The highest BCUT2D eigenvalue weighted by Gasteiger charge is 2.19. The van der Waals surface area contributed by atoms with Crippen molar-refractivity contribution in [3.8, 4) is 0 Å². The summed E-state index contributed by atoms with van der Waals surface area (Å²) in [6.07, 6.45) is 0. The third-order valence-corrected chi connectivity index (χ3v) is 1.33. The zero-order chi connectivity index (χ0) is 8.20. The van der Waals surface area contributed by atoms with E-state index in [9.17, 15) is 0 Å². The average molecular weight is 142 g/mol. The van der Waals surface area contributed by atoms with E-state index in [1.54, 1.807) is 20.8 Å². The van der Waals surface area contributed by atoms with Crippen molar-refractivity contribution in [1.29, 1.82) is 0 Å². The number of rotatable bonds is 2. The van der Waals surface area contributed by atoms with E-state index in [1.807, 2.05) is 0 Å². The Morgan fingerprint density at radius 2 is 2.10 bits per heavy atom. The molecule has 10 heavy (non-hydrogen) atoms. The lowest BCUT2D eigenvalue weighted by Crippen LogP contribution is -2.25. The molecule has 0 heterocycles. The molecule has 0 rings (SSSR count). The molecule has 0 fully saturated rings. The third-order valence-electron chi connectivity index (χ3n) is 1.33. The molecule has 0 aromatic carbocycles. The molecule has 0 aromatic heterocycles. The van der Waals surface area contributed by atoms with E-state index >= 15 is 0 Å². The minimum absolute atomic E-state index is 0.394. The lowest BCUT2D eigenvalue weighted by Gasteiger charge is -2.14. The molecule has 0 spiro atoms. The number of hydrogen-bond donors (Lipinski definition) is 1. The van der Waals surface area contributed by atoms with Crippen LogP contribution in [0, 0.1) is 0 Å². The van der Waals surface area contributed by atoms with Crippen LogP contribution in [-0.4, -0.2) is 16.5 Å². The summed E-state index contributed by atoms with van der Waals surface area (Å²) in [4.78, 5) is 2.61. The summed E-state index contributed by atoms with van der Waals surface area (Å²) < 4.78 is 0. The van der Waals surface area contributed by atoms with Crippen molar-refractivity contribution in [3.63, 3.8) is 0 Å². The van der Waals surface area contributed by atoms with Crippen LogP contribution in [0.15, 0.2) is 10.3 Å². The Morgan fingerprint density at radius 3 is 2.40 bits per heavy atom. The Bertz CT molecular complexity index is 190. The summed E-state index contributed by atoms with van der Waals surface area (Å²) in [6.45, 7) is 4.93. The van der Waals surface area contributed by atoms with Crippen LogP contribution in [0.5, 0.6) is 0 Å². The molecule has 0 aliphatic heterocycles. The van der Waals surface area contributed by atoms with Crippen LogP contribution in [0.1, 0.15) is 20.8 Å². The smallest absolute Gasteiger partial charge is 0.0844 e. The van der Waals surface area contributed by atoms with Crippen LogP contribution < -0.4 is 0 Å². The Hall–Kier alpha value is -1.22. The summed E-state index contributed by atoms with van der Waals surface area (Å²) in [5, 5.41) is 14.6. The van der Waals surface area contributed by atoms with Gasteiger partial charge in [-0.25, -0.2) is 0 Å². The second-order valence-corrected chi connectivity index (χ2v) is 2.43. The molecule has 0 radical (unpaired) electrons. The largest absolute Gasteiger partial charge is 0.411 e. The second-order valence-electron chi connectivity index (χ2n) is 2.43. The highest BCUT2D eigenvalue weighted by atomic mass is 16.4. The van der Waals surface area contributed by atoms with Gasteiger partial charge < -0.3 is 5.21 Å². The first-order valence-corrected chi connectivity index (χ1v) is 2.80. The van der Waals surface area contributed by atoms with Gasteiger partial charge in [-0.2, -0.15) is 0 Å². The molecule has 0 aliphatic rings. The SMILES string of the molecule is C/C(=N\O)C(C)(C)N=[N+]=[N-]. The Morgan fingerprint density at radius 1 is 1.60 bits per heavy atom. The zero-order valence-corrected chi connectivity index (χ0v) is 6.24. The predicted molar refractivity (Wildman–Crippen MR) is 38.1 cm³/mol. The lowest BCUT2D eigenvalue weighted by molar-refractivity contribution is 0.314. The fourth-order valence-corrected chi connectivity index (χ4v) is 0.307. The summed E-state index contributed by atoms with van der Waals surface area (Å²) in [7, 11) is 0. The molecule has 0 bridgehead atoms. The second kappa shape index (κ2) is 3.08. The van der Waals surface area contributed by atoms with Gasteiger partial charge in [0, 0.05) is 4.91 Å². The van der Waals surface area contributed by atoms with Crippen LogP contribution in [0.4, 0.5) is 0 Å². The molecule has 1 N–H and O–H groups in total. The summed E-state index contributed by atoms with van der Waals surface area (Å²) >= 11 is 0. The van der Waals surface area contributed by atoms with Crippen molar-refractivity contribution in [2.24, 2.45) is 10.3 Å². The van der Waals surface area contributed by atoms with Crippen LogP contribution in [0.3, 0.4) is 0 Å². The molecule has 5 heteroatoms. The van der Waals surface area contributed by atoms with Gasteiger partial charge in [0.2, 0.25) is 0 Å². The average Bonchev–Trinajstić information content (AvgIpc) is 1.86. The number of azide groups is 1. The maximum Gasteiger partial charge on any atom is 0.0844 e. The Kier molecular flexibility index (Phi) is 2.70. The van der Waals surface area contributed by atoms with E-state index in [0.29, 0.717) is 5.71 Å². The van der Waals surface area contributed by atoms with Crippen molar-refractivity contribution in [1.82, 2.24) is 0 Å². The van der Waals surface area contributed by atoms with Crippen molar-refractivity contribution < 1.29 is 5.21 Å². The fraction of sp³-hybridized carbons (Fsp3) is 0.800. The minimum atomic E-state index is -0.733. The fourth-order valence-electron chi connectivity index (χ4n) is 0.307. The van der Waals surface area contributed by atoms with Gasteiger partial charge in [0.1, 0.15) is 0 Å². The van der Waals surface area contributed by atoms with Crippen molar-refractivity contribution in [3.05, 3.63) is 10.4 Å². The monoisotopic (exact) mass is 142 g/mol. The van der Waals surface area contributed by atoms with Gasteiger partial charge in [-0.05, 0) is 26.3 Å². The molecule has 0 aromatic rings. The maximum atomic E-state index is 8.30. The molecule has 0 saturated carbocycles. The van der Waals surface area contributed by atoms with E-state index in [1.165, 1.54) is 0 Å². The molecular formula is C5H10N4O. The normalized spacial score (nSPS) is 12.5. The van der Waals surface area contributed by atoms with Gasteiger partial charge in [-0.1, -0.05) is 10.3 Å². The van der Waals surface area contributed by atoms with Gasteiger partial charge in [-0.15, -0.1) is 0 Å². The molecule has 0 atom stereocenters. The van der Waals surface area contributed by atoms with Crippen LogP contribution in [0.25, 0.3) is 10.4 Å². The molecule has 0 aliphatic carbocycles. The first kappa shape index (κ1) is 8.78. The van der Waals surface area contributed by atoms with Gasteiger partial charge in [0.05, 0.1) is 11.3 Å². The first-order chi connectivity index (χ1) is 4.54. The predicted octanol–water partition coefficient (Wildman–Crippen LogP) is 1.93. The van der Waals surface area contributed by atoms with Crippen molar-refractivity contribution in [2.75, 3.05) is 0 Å². The van der Waals surface area contributed by atoms with Crippen molar-refractivity contribution >= 4 is 5.71 Å². The Labute approximate surface area is 59.0 Å². The van der Waals surface area contributed by atoms with Crippen LogP contribution in [-0.2, 0) is 0 Å². The highest BCUT2D eigenvalue weighted by molar-refractivity contribution is 5.90. The summed E-state index contributed by atoms with van der Waals surface area (Å²) in [6, 6.07) is 0. The molecular weight excluding hydrogens is 132 g/mol. The molecule has 0 unspecified atom stereocenters. The summed E-state index contributed by atoms with van der Waals surface area (Å²) in [5.41, 5.74) is 7.73. The van der Waals surface area contributed by atoms with Gasteiger partial charge in [0.25, 0.3) is 0 Å². The van der Waals surface area contributed by atoms with Gasteiger partial charge >= 0.3 is 0 Å². The Balaban J connectivity index is 4.55. The molecule has 5 nitrogen and oxygen atoms in total. The number of oxime groups is 1. The van der Waals surface area contributed by atoms with E-state index in [2.05, 4.69) is 15.2 Å². The lowest BCUT2D eigenvalue weighted by atomic mass is 10.0. The molecule has 0 amide bonds. The summed E-state index contributed by atoms with van der Waals surface area (Å²) in [5.74, 6) is 0. The van der Waals surface area contributed by atoms with E-state index in [0.717, 1.165) is 0 Å². The number of nitrogens with zero attached hydrogens (tertiary/aromatic N) is 4. The first-order valence-electron chi connectivity index (χ1n) is 2.80. The van der Waals surface area contributed by atoms with Gasteiger partial charge in [-0.3, -0.25) is 0 Å². The van der Waals surface area contributed by atoms with Crippen LogP contribution >= 0.6 is 0 Å². The van der Waals surface area contributed by atoms with Crippen LogP contribution in [0.2, 0.25) is 0 Å². The topological polar surface area (TPSA) is 81.4 Å². The van der Waals surface area contributed by atoms with E-state index in [-0.39, 0.29) is 0 Å². The molecule has 0 saturated heterocycles. The zero-order valence-electron chi connectivity index (χ0n) is 6.24. The van der Waals surface area contributed by atoms with Crippen molar-refractivity contribution in [2.45, 2.75) is 26.3 Å². The van der Waals surface area contributed by atoms with Gasteiger partial charge in [0.15, 0.2) is 0 Å². The standard InChI is InChI=1S/C5H10N4O/c1-4(7-10)5(2,3)8-9-6/h10H,1-3H3/b7-4+.